The third-order valence-electron chi connectivity index (χ3n) is 5.18. The van der Waals surface area contributed by atoms with Gasteiger partial charge in [0.05, 0.1) is 7.11 Å². The number of carboxylic acid groups (broad SMARTS) is 1. The Balaban J connectivity index is 1.60. The molecule has 1 aliphatic rings. The van der Waals surface area contributed by atoms with Crippen molar-refractivity contribution < 1.29 is 29.0 Å². The van der Waals surface area contributed by atoms with Gasteiger partial charge in [0.15, 0.2) is 0 Å². The molecule has 7 heteroatoms. The predicted octanol–water partition coefficient (Wildman–Crippen LogP) is 3.88. The molecule has 162 valence electrons. The number of esters is 1. The van der Waals surface area contributed by atoms with Crippen LogP contribution in [0.1, 0.15) is 36.3 Å². The van der Waals surface area contributed by atoms with E-state index in [4.69, 9.17) is 14.6 Å². The van der Waals surface area contributed by atoms with Gasteiger partial charge in [0.25, 0.3) is 0 Å². The Hall–Kier alpha value is -3.61. The van der Waals surface area contributed by atoms with Crippen molar-refractivity contribution in [3.8, 4) is 11.1 Å². The molecule has 0 saturated carbocycles. The molecule has 1 amide bonds. The first-order chi connectivity index (χ1) is 15.0. The summed E-state index contributed by atoms with van der Waals surface area (Å²) in [4.78, 5) is 34.9. The molecule has 0 aromatic heterocycles. The van der Waals surface area contributed by atoms with E-state index >= 15 is 0 Å². The van der Waals surface area contributed by atoms with Crippen LogP contribution in [-0.2, 0) is 19.1 Å². The molecule has 1 aliphatic carbocycles. The highest BCUT2D eigenvalue weighted by atomic mass is 16.6. The number of rotatable bonds is 9. The van der Waals surface area contributed by atoms with Crippen LogP contribution in [0.5, 0.6) is 0 Å². The summed E-state index contributed by atoms with van der Waals surface area (Å²) in [6.45, 7) is 0.141. The Bertz CT molecular complexity index is 938. The highest BCUT2D eigenvalue weighted by molar-refractivity contribution is 5.82. The Morgan fingerprint density at radius 2 is 1.65 bits per heavy atom. The number of hydrogen-bond donors (Lipinski definition) is 2. The molecule has 7 nitrogen and oxygen atoms in total. The van der Waals surface area contributed by atoms with Crippen molar-refractivity contribution in [2.75, 3.05) is 13.7 Å². The second-order valence-electron chi connectivity index (χ2n) is 7.19. The van der Waals surface area contributed by atoms with Crippen LogP contribution in [0.2, 0.25) is 0 Å². The van der Waals surface area contributed by atoms with Crippen LogP contribution in [-0.4, -0.2) is 42.9 Å². The van der Waals surface area contributed by atoms with E-state index in [2.05, 4.69) is 17.4 Å². The van der Waals surface area contributed by atoms with E-state index in [0.717, 1.165) is 22.3 Å². The van der Waals surface area contributed by atoms with Gasteiger partial charge >= 0.3 is 18.0 Å². The number of alkyl carbamates (subject to hydrolysis) is 1. The van der Waals surface area contributed by atoms with Gasteiger partial charge in [-0.1, -0.05) is 60.7 Å². The van der Waals surface area contributed by atoms with E-state index in [1.165, 1.54) is 7.11 Å². The molecule has 0 heterocycles. The van der Waals surface area contributed by atoms with Crippen molar-refractivity contribution in [2.45, 2.75) is 31.2 Å². The zero-order valence-corrected chi connectivity index (χ0v) is 17.2. The number of aliphatic carboxylic acids is 1. The molecule has 0 fully saturated rings. The highest BCUT2D eigenvalue weighted by Gasteiger charge is 2.29. The Morgan fingerprint density at radius 1 is 1.03 bits per heavy atom. The molecule has 0 bridgehead atoms. The monoisotopic (exact) mass is 423 g/mol. The van der Waals surface area contributed by atoms with Crippen LogP contribution in [0.4, 0.5) is 4.79 Å². The lowest BCUT2D eigenvalue weighted by Gasteiger charge is -2.17. The van der Waals surface area contributed by atoms with Gasteiger partial charge in [0.2, 0.25) is 0 Å². The van der Waals surface area contributed by atoms with Gasteiger partial charge in [-0.25, -0.2) is 9.59 Å². The number of benzene rings is 2. The second kappa shape index (κ2) is 10.4. The zero-order chi connectivity index (χ0) is 22.2. The highest BCUT2D eigenvalue weighted by Crippen LogP contribution is 2.44. The van der Waals surface area contributed by atoms with Gasteiger partial charge in [-0.15, -0.1) is 0 Å². The largest absolute Gasteiger partial charge is 0.481 e. The van der Waals surface area contributed by atoms with Gasteiger partial charge in [0, 0.05) is 12.3 Å². The number of carbonyl (C=O) groups is 3. The smallest absolute Gasteiger partial charge is 0.407 e. The maximum Gasteiger partial charge on any atom is 0.407 e. The number of nitrogens with one attached hydrogen (secondary N) is 1. The minimum atomic E-state index is -0.915. The summed E-state index contributed by atoms with van der Waals surface area (Å²) >= 11 is 0. The lowest BCUT2D eigenvalue weighted by molar-refractivity contribution is -0.143. The van der Waals surface area contributed by atoms with Crippen LogP contribution in [0, 0.1) is 0 Å². The van der Waals surface area contributed by atoms with Crippen LogP contribution in [0.25, 0.3) is 11.1 Å². The molecule has 1 atom stereocenters. The minimum absolute atomic E-state index is 0.000796. The lowest BCUT2D eigenvalue weighted by Crippen LogP contribution is -2.41. The summed E-state index contributed by atoms with van der Waals surface area (Å²) in [6.07, 6.45) is 3.11. The summed E-state index contributed by atoms with van der Waals surface area (Å²) in [7, 11) is 1.24. The molecule has 0 saturated heterocycles. The molecular formula is C24H25NO6. The van der Waals surface area contributed by atoms with Crippen molar-refractivity contribution in [1.82, 2.24) is 5.32 Å². The van der Waals surface area contributed by atoms with Crippen LogP contribution in [0.15, 0.2) is 60.7 Å². The molecule has 3 rings (SSSR count). The Labute approximate surface area is 180 Å². The van der Waals surface area contributed by atoms with Crippen molar-refractivity contribution in [3.63, 3.8) is 0 Å². The summed E-state index contributed by atoms with van der Waals surface area (Å²) in [5.74, 6) is -1.58. The van der Waals surface area contributed by atoms with E-state index in [0.29, 0.717) is 6.42 Å². The van der Waals surface area contributed by atoms with E-state index in [-0.39, 0.29) is 25.4 Å². The van der Waals surface area contributed by atoms with E-state index < -0.39 is 24.1 Å². The van der Waals surface area contributed by atoms with E-state index in [1.807, 2.05) is 36.4 Å². The fourth-order valence-corrected chi connectivity index (χ4v) is 3.70. The molecule has 2 aromatic rings. The van der Waals surface area contributed by atoms with Crippen molar-refractivity contribution in [2.24, 2.45) is 0 Å². The van der Waals surface area contributed by atoms with Crippen LogP contribution in [0.3, 0.4) is 0 Å². The molecule has 2 aromatic carbocycles. The van der Waals surface area contributed by atoms with Gasteiger partial charge in [-0.3, -0.25) is 4.79 Å². The van der Waals surface area contributed by atoms with E-state index in [9.17, 15) is 14.4 Å². The number of carbonyl (C=O) groups excluding carboxylic acids is 2. The first kappa shape index (κ1) is 22.1. The average Bonchev–Trinajstić information content (AvgIpc) is 3.09. The summed E-state index contributed by atoms with van der Waals surface area (Å²) in [5.41, 5.74) is 4.46. The number of amides is 1. The Morgan fingerprint density at radius 3 is 2.23 bits per heavy atom. The van der Waals surface area contributed by atoms with Crippen molar-refractivity contribution in [1.29, 1.82) is 0 Å². The van der Waals surface area contributed by atoms with Gasteiger partial charge in [-0.2, -0.15) is 0 Å². The summed E-state index contributed by atoms with van der Waals surface area (Å²) in [5, 5.41) is 11.2. The van der Waals surface area contributed by atoms with Crippen molar-refractivity contribution >= 4 is 18.0 Å². The number of ether oxygens (including phenoxy) is 2. The SMILES string of the molecule is COC(=O)C(C/C=C/CCC(=O)O)NC(=O)OCC1c2ccccc2-c2ccccc21. The first-order valence-electron chi connectivity index (χ1n) is 10.1. The summed E-state index contributed by atoms with van der Waals surface area (Å²) in [6, 6.07) is 15.1. The number of methoxy groups -OCH3 is 1. The normalized spacial score (nSPS) is 13.3. The third kappa shape index (κ3) is 5.51. The fourth-order valence-electron chi connectivity index (χ4n) is 3.70. The number of allylic oxidation sites excluding steroid dienone is 1. The molecule has 0 aliphatic heterocycles. The van der Waals surface area contributed by atoms with Crippen molar-refractivity contribution in [3.05, 3.63) is 71.8 Å². The minimum Gasteiger partial charge on any atom is -0.481 e. The third-order valence-corrected chi connectivity index (χ3v) is 5.18. The molecule has 2 N–H and O–H groups in total. The predicted molar refractivity (Wildman–Crippen MR) is 115 cm³/mol. The topological polar surface area (TPSA) is 102 Å². The van der Waals surface area contributed by atoms with Gasteiger partial charge < -0.3 is 19.9 Å². The number of fused-ring (bicyclic) bond motifs is 3. The van der Waals surface area contributed by atoms with Crippen LogP contribution >= 0.6 is 0 Å². The lowest BCUT2D eigenvalue weighted by atomic mass is 9.98. The fraction of sp³-hybridized carbons (Fsp3) is 0.292. The first-order valence-corrected chi connectivity index (χ1v) is 10.1. The standard InChI is InChI=1S/C24H25NO6/c1-30-23(28)21(13-3-2-4-14-22(26)27)25-24(29)31-15-20-18-11-7-5-9-16(18)17-10-6-8-12-19(17)20/h2-3,5-12,20-21H,4,13-15H2,1H3,(H,25,29)(H,26,27)/b3-2+. The molecule has 0 radical (unpaired) electrons. The number of hydrogen-bond acceptors (Lipinski definition) is 5. The average molecular weight is 423 g/mol. The van der Waals surface area contributed by atoms with Gasteiger partial charge in [-0.05, 0) is 35.1 Å². The van der Waals surface area contributed by atoms with Crippen LogP contribution < -0.4 is 5.32 Å². The maximum absolute atomic E-state index is 12.4. The summed E-state index contributed by atoms with van der Waals surface area (Å²) < 4.78 is 10.2. The quantitative estimate of drug-likeness (QED) is 0.469. The van der Waals surface area contributed by atoms with E-state index in [1.54, 1.807) is 12.2 Å². The second-order valence-corrected chi connectivity index (χ2v) is 7.19. The molecule has 0 spiro atoms. The van der Waals surface area contributed by atoms with Gasteiger partial charge in [0.1, 0.15) is 12.6 Å². The maximum atomic E-state index is 12.4. The molecular weight excluding hydrogens is 398 g/mol. The zero-order valence-electron chi connectivity index (χ0n) is 17.2. The number of carboxylic acids is 1. The Kier molecular flexibility index (Phi) is 7.43. The molecule has 1 unspecified atom stereocenters. The molecule has 31 heavy (non-hydrogen) atoms.